The zero-order chi connectivity index (χ0) is 12.4. The summed E-state index contributed by atoms with van der Waals surface area (Å²) in [5, 5.41) is 17.6. The van der Waals surface area contributed by atoms with Gasteiger partial charge in [-0.05, 0) is 25.0 Å². The number of rotatable bonds is 5. The molecule has 2 N–H and O–H groups in total. The lowest BCUT2D eigenvalue weighted by molar-refractivity contribution is 0.174. The van der Waals surface area contributed by atoms with E-state index in [0.717, 1.165) is 11.3 Å². The monoisotopic (exact) mass is 243 g/mol. The highest BCUT2D eigenvalue weighted by atomic mass is 16.3. The molecule has 1 unspecified atom stereocenters. The summed E-state index contributed by atoms with van der Waals surface area (Å²) in [5.74, 6) is 0. The van der Waals surface area contributed by atoms with Gasteiger partial charge in [0.05, 0.1) is 18.0 Å². The van der Waals surface area contributed by atoms with Gasteiger partial charge in [-0.2, -0.15) is 5.10 Å². The predicted molar refractivity (Wildman–Crippen MR) is 69.5 cm³/mol. The van der Waals surface area contributed by atoms with Crippen molar-refractivity contribution in [2.75, 3.05) is 6.54 Å². The first-order valence-corrected chi connectivity index (χ1v) is 6.34. The smallest absolute Gasteiger partial charge is 0.0944 e. The molecule has 3 rings (SSSR count). The van der Waals surface area contributed by atoms with Gasteiger partial charge in [-0.3, -0.25) is 0 Å². The van der Waals surface area contributed by atoms with Crippen molar-refractivity contribution in [1.29, 1.82) is 0 Å². The summed E-state index contributed by atoms with van der Waals surface area (Å²) in [6.07, 6.45) is 5.59. The predicted octanol–water partition coefficient (Wildman–Crippen LogP) is 1.66. The van der Waals surface area contributed by atoms with Gasteiger partial charge in [-0.25, -0.2) is 4.68 Å². The highest BCUT2D eigenvalue weighted by Crippen LogP contribution is 2.20. The summed E-state index contributed by atoms with van der Waals surface area (Å²) in [7, 11) is 0. The van der Waals surface area contributed by atoms with E-state index >= 15 is 0 Å². The lowest BCUT2D eigenvalue weighted by Crippen LogP contribution is -2.23. The molecule has 0 saturated heterocycles. The first kappa shape index (κ1) is 11.4. The molecule has 0 amide bonds. The summed E-state index contributed by atoms with van der Waals surface area (Å²) >= 11 is 0. The summed E-state index contributed by atoms with van der Waals surface area (Å²) in [6, 6.07) is 10.5. The Balaban J connectivity index is 1.68. The molecule has 18 heavy (non-hydrogen) atoms. The SMILES string of the molecule is OC(CNC1CC1)c1cnn(-c2ccccc2)c1. The van der Waals surface area contributed by atoms with Crippen molar-refractivity contribution < 1.29 is 5.11 Å². The fraction of sp³-hybridized carbons (Fsp3) is 0.357. The Morgan fingerprint density at radius 1 is 1.33 bits per heavy atom. The average Bonchev–Trinajstić information content (AvgIpc) is 3.11. The Kier molecular flexibility index (Phi) is 3.13. The molecule has 0 spiro atoms. The molecular formula is C14H17N3O. The van der Waals surface area contributed by atoms with Crippen LogP contribution in [0.25, 0.3) is 5.69 Å². The minimum atomic E-state index is -0.483. The Hall–Kier alpha value is -1.65. The Bertz CT molecular complexity index is 505. The fourth-order valence-corrected chi connectivity index (χ4v) is 1.91. The van der Waals surface area contributed by atoms with Gasteiger partial charge in [0.1, 0.15) is 0 Å². The number of para-hydroxylation sites is 1. The van der Waals surface area contributed by atoms with E-state index in [0.29, 0.717) is 12.6 Å². The molecular weight excluding hydrogens is 226 g/mol. The second-order valence-electron chi connectivity index (χ2n) is 4.75. The van der Waals surface area contributed by atoms with Gasteiger partial charge >= 0.3 is 0 Å². The van der Waals surface area contributed by atoms with Crippen molar-refractivity contribution in [1.82, 2.24) is 15.1 Å². The van der Waals surface area contributed by atoms with Gasteiger partial charge in [0.2, 0.25) is 0 Å². The summed E-state index contributed by atoms with van der Waals surface area (Å²) < 4.78 is 1.79. The summed E-state index contributed by atoms with van der Waals surface area (Å²) in [6.45, 7) is 0.602. The van der Waals surface area contributed by atoms with E-state index in [4.69, 9.17) is 0 Å². The second-order valence-corrected chi connectivity index (χ2v) is 4.75. The van der Waals surface area contributed by atoms with Crippen LogP contribution in [0, 0.1) is 0 Å². The van der Waals surface area contributed by atoms with Crippen LogP contribution in [0.1, 0.15) is 24.5 Å². The topological polar surface area (TPSA) is 50.1 Å². The number of hydrogen-bond acceptors (Lipinski definition) is 3. The number of nitrogens with zero attached hydrogens (tertiary/aromatic N) is 2. The van der Waals surface area contributed by atoms with Crippen molar-refractivity contribution >= 4 is 0 Å². The molecule has 1 aliphatic rings. The minimum absolute atomic E-state index is 0.483. The van der Waals surface area contributed by atoms with Gasteiger partial charge in [0.25, 0.3) is 0 Å². The number of aromatic nitrogens is 2. The molecule has 1 atom stereocenters. The standard InChI is InChI=1S/C14H17N3O/c18-14(9-15-12-6-7-12)11-8-16-17(10-11)13-4-2-1-3-5-13/h1-5,8,10,12,14-15,18H,6-7,9H2. The van der Waals surface area contributed by atoms with Crippen LogP contribution in [0.4, 0.5) is 0 Å². The Morgan fingerprint density at radius 2 is 2.11 bits per heavy atom. The lowest BCUT2D eigenvalue weighted by atomic mass is 10.2. The van der Waals surface area contributed by atoms with Crippen LogP contribution in [0.15, 0.2) is 42.7 Å². The second kappa shape index (κ2) is 4.92. The zero-order valence-corrected chi connectivity index (χ0v) is 10.2. The molecule has 2 aromatic rings. The highest BCUT2D eigenvalue weighted by Gasteiger charge is 2.22. The van der Waals surface area contributed by atoms with Gasteiger partial charge < -0.3 is 10.4 Å². The van der Waals surface area contributed by atoms with E-state index in [1.807, 2.05) is 36.5 Å². The van der Waals surface area contributed by atoms with E-state index in [1.165, 1.54) is 12.8 Å². The van der Waals surface area contributed by atoms with Crippen LogP contribution >= 0.6 is 0 Å². The summed E-state index contributed by atoms with van der Waals surface area (Å²) in [4.78, 5) is 0. The van der Waals surface area contributed by atoms with Crippen molar-refractivity contribution in [3.05, 3.63) is 48.3 Å². The first-order valence-electron chi connectivity index (χ1n) is 6.34. The molecule has 0 bridgehead atoms. The van der Waals surface area contributed by atoms with Gasteiger partial charge in [-0.1, -0.05) is 18.2 Å². The zero-order valence-electron chi connectivity index (χ0n) is 10.2. The molecule has 1 heterocycles. The van der Waals surface area contributed by atoms with Crippen LogP contribution in [0.2, 0.25) is 0 Å². The van der Waals surface area contributed by atoms with Crippen molar-refractivity contribution in [2.45, 2.75) is 25.0 Å². The minimum Gasteiger partial charge on any atom is -0.387 e. The third kappa shape index (κ3) is 2.60. The molecule has 1 fully saturated rings. The Labute approximate surface area is 106 Å². The van der Waals surface area contributed by atoms with Crippen LogP contribution in [0.3, 0.4) is 0 Å². The highest BCUT2D eigenvalue weighted by molar-refractivity contribution is 5.31. The van der Waals surface area contributed by atoms with Crippen molar-refractivity contribution in [3.8, 4) is 5.69 Å². The largest absolute Gasteiger partial charge is 0.387 e. The summed E-state index contributed by atoms with van der Waals surface area (Å²) in [5.41, 5.74) is 1.86. The van der Waals surface area contributed by atoms with E-state index in [2.05, 4.69) is 10.4 Å². The Morgan fingerprint density at radius 3 is 2.83 bits per heavy atom. The molecule has 0 aliphatic heterocycles. The van der Waals surface area contributed by atoms with Gasteiger partial charge in [0.15, 0.2) is 0 Å². The quantitative estimate of drug-likeness (QED) is 0.839. The van der Waals surface area contributed by atoms with E-state index in [1.54, 1.807) is 10.9 Å². The van der Waals surface area contributed by atoms with Crippen LogP contribution < -0.4 is 5.32 Å². The number of benzene rings is 1. The fourth-order valence-electron chi connectivity index (χ4n) is 1.91. The first-order chi connectivity index (χ1) is 8.83. The number of hydrogen-bond donors (Lipinski definition) is 2. The average molecular weight is 243 g/mol. The van der Waals surface area contributed by atoms with Crippen LogP contribution in [0.5, 0.6) is 0 Å². The molecule has 4 nitrogen and oxygen atoms in total. The maximum Gasteiger partial charge on any atom is 0.0944 e. The molecule has 94 valence electrons. The van der Waals surface area contributed by atoms with Crippen LogP contribution in [-0.2, 0) is 0 Å². The van der Waals surface area contributed by atoms with E-state index in [9.17, 15) is 5.11 Å². The molecule has 1 saturated carbocycles. The molecule has 1 aromatic carbocycles. The van der Waals surface area contributed by atoms with E-state index < -0.39 is 6.10 Å². The molecule has 1 aliphatic carbocycles. The lowest BCUT2D eigenvalue weighted by Gasteiger charge is -2.08. The van der Waals surface area contributed by atoms with Crippen molar-refractivity contribution in [2.24, 2.45) is 0 Å². The third-order valence-corrected chi connectivity index (χ3v) is 3.19. The molecule has 4 heteroatoms. The maximum atomic E-state index is 10.0. The normalized spacial score (nSPS) is 16.7. The number of aliphatic hydroxyl groups excluding tert-OH is 1. The third-order valence-electron chi connectivity index (χ3n) is 3.19. The number of aliphatic hydroxyl groups is 1. The van der Waals surface area contributed by atoms with Crippen LogP contribution in [-0.4, -0.2) is 27.5 Å². The van der Waals surface area contributed by atoms with Crippen molar-refractivity contribution in [3.63, 3.8) is 0 Å². The molecule has 0 radical (unpaired) electrons. The maximum absolute atomic E-state index is 10.0. The molecule has 1 aromatic heterocycles. The van der Waals surface area contributed by atoms with E-state index in [-0.39, 0.29) is 0 Å². The van der Waals surface area contributed by atoms with Gasteiger partial charge in [-0.15, -0.1) is 0 Å². The number of nitrogens with one attached hydrogen (secondary N) is 1. The van der Waals surface area contributed by atoms with Gasteiger partial charge in [0, 0.05) is 24.3 Å².